The Labute approximate surface area is 67.0 Å². The Morgan fingerprint density at radius 1 is 1.55 bits per heavy atom. The van der Waals surface area contributed by atoms with Gasteiger partial charge in [-0.25, -0.2) is 4.39 Å². The van der Waals surface area contributed by atoms with Crippen LogP contribution in [0.2, 0.25) is 0 Å². The molecule has 1 aliphatic rings. The molecule has 0 aromatic carbocycles. The van der Waals surface area contributed by atoms with Gasteiger partial charge in [0, 0.05) is 6.42 Å². The lowest BCUT2D eigenvalue weighted by atomic mass is 9.80. The Balaban J connectivity index is 2.46. The number of Topliss-reactive ketones (excluding diaryl/α,β-unsaturated/α-hetero) is 1. The third-order valence-electron chi connectivity index (χ3n) is 2.56. The number of alkyl halides is 1. The van der Waals surface area contributed by atoms with Gasteiger partial charge in [-0.3, -0.25) is 4.79 Å². The first-order valence-electron chi connectivity index (χ1n) is 4.28. The van der Waals surface area contributed by atoms with Crippen LogP contribution in [0.15, 0.2) is 0 Å². The van der Waals surface area contributed by atoms with Crippen LogP contribution < -0.4 is 0 Å². The fourth-order valence-corrected chi connectivity index (χ4v) is 1.60. The van der Waals surface area contributed by atoms with Gasteiger partial charge in [-0.1, -0.05) is 13.8 Å². The van der Waals surface area contributed by atoms with Crippen molar-refractivity contribution in [3.05, 3.63) is 0 Å². The van der Waals surface area contributed by atoms with Crippen molar-refractivity contribution in [2.75, 3.05) is 0 Å². The summed E-state index contributed by atoms with van der Waals surface area (Å²) < 4.78 is 12.8. The van der Waals surface area contributed by atoms with Crippen LogP contribution in [0.4, 0.5) is 4.39 Å². The number of hydrogen-bond acceptors (Lipinski definition) is 1. The summed E-state index contributed by atoms with van der Waals surface area (Å²) >= 11 is 0. The molecule has 0 amide bonds. The normalized spacial score (nSPS) is 32.9. The van der Waals surface area contributed by atoms with Crippen LogP contribution in [0.1, 0.15) is 33.1 Å². The van der Waals surface area contributed by atoms with E-state index in [1.807, 2.05) is 0 Å². The van der Waals surface area contributed by atoms with Gasteiger partial charge in [-0.15, -0.1) is 0 Å². The smallest absolute Gasteiger partial charge is 0.166 e. The van der Waals surface area contributed by atoms with E-state index in [0.717, 1.165) is 6.42 Å². The molecular formula is C9H15FO. The molecular weight excluding hydrogens is 143 g/mol. The Morgan fingerprint density at radius 3 is 2.64 bits per heavy atom. The average Bonchev–Trinajstić information content (AvgIpc) is 1.94. The van der Waals surface area contributed by atoms with E-state index in [0.29, 0.717) is 24.7 Å². The van der Waals surface area contributed by atoms with Crippen molar-refractivity contribution in [2.24, 2.45) is 11.8 Å². The van der Waals surface area contributed by atoms with E-state index in [-0.39, 0.29) is 5.78 Å². The van der Waals surface area contributed by atoms with Crippen LogP contribution in [-0.4, -0.2) is 12.0 Å². The first-order chi connectivity index (χ1) is 5.11. The molecule has 0 bridgehead atoms. The maximum atomic E-state index is 12.8. The molecule has 2 heteroatoms. The van der Waals surface area contributed by atoms with Gasteiger partial charge in [0.1, 0.15) is 0 Å². The van der Waals surface area contributed by atoms with E-state index >= 15 is 0 Å². The quantitative estimate of drug-likeness (QED) is 0.572. The molecule has 1 fully saturated rings. The van der Waals surface area contributed by atoms with Crippen molar-refractivity contribution in [2.45, 2.75) is 39.3 Å². The predicted molar refractivity (Wildman–Crippen MR) is 42.1 cm³/mol. The van der Waals surface area contributed by atoms with Crippen LogP contribution in [0, 0.1) is 11.8 Å². The second-order valence-corrected chi connectivity index (χ2v) is 3.71. The average molecular weight is 158 g/mol. The largest absolute Gasteiger partial charge is 0.296 e. The third kappa shape index (κ3) is 2.01. The van der Waals surface area contributed by atoms with Crippen molar-refractivity contribution in [3.63, 3.8) is 0 Å². The molecule has 64 valence electrons. The van der Waals surface area contributed by atoms with Gasteiger partial charge >= 0.3 is 0 Å². The van der Waals surface area contributed by atoms with E-state index in [1.54, 1.807) is 0 Å². The molecule has 0 spiro atoms. The Kier molecular flexibility index (Phi) is 2.63. The monoisotopic (exact) mass is 158 g/mol. The number of halogens is 1. The number of carbonyl (C=O) groups is 1. The van der Waals surface area contributed by atoms with E-state index < -0.39 is 6.17 Å². The van der Waals surface area contributed by atoms with Gasteiger partial charge in [0.2, 0.25) is 0 Å². The summed E-state index contributed by atoms with van der Waals surface area (Å²) in [5.41, 5.74) is 0. The molecule has 2 atom stereocenters. The van der Waals surface area contributed by atoms with E-state index in [1.165, 1.54) is 0 Å². The molecule has 1 aliphatic carbocycles. The maximum Gasteiger partial charge on any atom is 0.166 e. The van der Waals surface area contributed by atoms with Gasteiger partial charge in [-0.2, -0.15) is 0 Å². The number of carbonyl (C=O) groups excluding carboxylic acids is 1. The zero-order valence-corrected chi connectivity index (χ0v) is 7.14. The molecule has 0 N–H and O–H groups in total. The first kappa shape index (κ1) is 8.69. The second kappa shape index (κ2) is 3.33. The summed E-state index contributed by atoms with van der Waals surface area (Å²) in [6, 6.07) is 0. The molecule has 0 heterocycles. The van der Waals surface area contributed by atoms with Crippen molar-refractivity contribution >= 4 is 5.78 Å². The lowest BCUT2D eigenvalue weighted by Gasteiger charge is -2.26. The maximum absolute atomic E-state index is 12.8. The highest BCUT2D eigenvalue weighted by Crippen LogP contribution is 2.29. The first-order valence-corrected chi connectivity index (χ1v) is 4.28. The molecule has 1 nitrogen and oxygen atoms in total. The minimum atomic E-state index is -1.17. The molecule has 1 saturated carbocycles. The van der Waals surface area contributed by atoms with E-state index in [9.17, 15) is 9.18 Å². The van der Waals surface area contributed by atoms with Crippen LogP contribution in [0.25, 0.3) is 0 Å². The lowest BCUT2D eigenvalue weighted by molar-refractivity contribution is -0.127. The molecule has 0 aromatic rings. The van der Waals surface area contributed by atoms with Crippen LogP contribution >= 0.6 is 0 Å². The summed E-state index contributed by atoms with van der Waals surface area (Å²) in [6.45, 7) is 4.18. The summed E-state index contributed by atoms with van der Waals surface area (Å²) in [4.78, 5) is 10.8. The third-order valence-corrected chi connectivity index (χ3v) is 2.56. The highest BCUT2D eigenvalue weighted by molar-refractivity contribution is 5.83. The predicted octanol–water partition coefficient (Wildman–Crippen LogP) is 2.35. The number of ketones is 1. The lowest BCUT2D eigenvalue weighted by Crippen LogP contribution is -2.28. The number of hydrogen-bond donors (Lipinski definition) is 0. The zero-order chi connectivity index (χ0) is 8.43. The molecule has 11 heavy (non-hydrogen) atoms. The highest BCUT2D eigenvalue weighted by atomic mass is 19.1. The SMILES string of the molecule is CC(C)[C@H]1CCC(=O)[C@H](F)C1. The van der Waals surface area contributed by atoms with Crippen molar-refractivity contribution < 1.29 is 9.18 Å². The van der Waals surface area contributed by atoms with Gasteiger partial charge < -0.3 is 0 Å². The van der Waals surface area contributed by atoms with Crippen LogP contribution in [0.3, 0.4) is 0 Å². The highest BCUT2D eigenvalue weighted by Gasteiger charge is 2.29. The summed E-state index contributed by atoms with van der Waals surface area (Å²) in [5, 5.41) is 0. The van der Waals surface area contributed by atoms with Crippen LogP contribution in [0.5, 0.6) is 0 Å². The fraction of sp³-hybridized carbons (Fsp3) is 0.889. The standard InChI is InChI=1S/C9H15FO/c1-6(2)7-3-4-9(11)8(10)5-7/h6-8H,3-5H2,1-2H3/t7-,8+/m0/s1. The fourth-order valence-electron chi connectivity index (χ4n) is 1.60. The molecule has 0 aliphatic heterocycles. The van der Waals surface area contributed by atoms with Gasteiger partial charge in [-0.05, 0) is 24.7 Å². The summed E-state index contributed by atoms with van der Waals surface area (Å²) in [7, 11) is 0. The molecule has 0 radical (unpaired) electrons. The molecule has 0 unspecified atom stereocenters. The van der Waals surface area contributed by atoms with Gasteiger partial charge in [0.25, 0.3) is 0 Å². The number of rotatable bonds is 1. The van der Waals surface area contributed by atoms with Gasteiger partial charge in [0.15, 0.2) is 12.0 Å². The Bertz CT molecular complexity index is 154. The van der Waals surface area contributed by atoms with Gasteiger partial charge in [0.05, 0.1) is 0 Å². The van der Waals surface area contributed by atoms with Crippen molar-refractivity contribution in [1.29, 1.82) is 0 Å². The minimum absolute atomic E-state index is 0.193. The van der Waals surface area contributed by atoms with Crippen molar-refractivity contribution in [1.82, 2.24) is 0 Å². The topological polar surface area (TPSA) is 17.1 Å². The Hall–Kier alpha value is -0.400. The molecule has 0 aromatic heterocycles. The second-order valence-electron chi connectivity index (χ2n) is 3.71. The minimum Gasteiger partial charge on any atom is -0.296 e. The van der Waals surface area contributed by atoms with E-state index in [2.05, 4.69) is 13.8 Å². The molecule has 1 rings (SSSR count). The van der Waals surface area contributed by atoms with E-state index in [4.69, 9.17) is 0 Å². The molecule has 0 saturated heterocycles. The Morgan fingerprint density at radius 2 is 2.18 bits per heavy atom. The summed E-state index contributed by atoms with van der Waals surface area (Å²) in [5.74, 6) is 0.742. The van der Waals surface area contributed by atoms with Crippen LogP contribution in [-0.2, 0) is 4.79 Å². The van der Waals surface area contributed by atoms with Crippen molar-refractivity contribution in [3.8, 4) is 0 Å². The zero-order valence-electron chi connectivity index (χ0n) is 7.14. The summed E-state index contributed by atoms with van der Waals surface area (Å²) in [6.07, 6.45) is 0.619.